The lowest BCUT2D eigenvalue weighted by atomic mass is 9.94. The number of rotatable bonds is 9. The average molecular weight is 293 g/mol. The molecule has 0 amide bonds. The number of aryl methyl sites for hydroxylation is 2. The third-order valence-electron chi connectivity index (χ3n) is 4.41. The van der Waals surface area contributed by atoms with Crippen molar-refractivity contribution in [1.82, 2.24) is 15.3 Å². The summed E-state index contributed by atoms with van der Waals surface area (Å²) in [6.07, 6.45) is 4.65. The number of methoxy groups -OCH3 is 1. The maximum Gasteiger partial charge on any atom is 0.160 e. The number of ether oxygens (including phenoxy) is 1. The van der Waals surface area contributed by atoms with Crippen LogP contribution in [0.1, 0.15) is 63.3 Å². The Morgan fingerprint density at radius 1 is 1.00 bits per heavy atom. The second kappa shape index (κ2) is 8.44. The van der Waals surface area contributed by atoms with Gasteiger partial charge >= 0.3 is 0 Å². The molecule has 0 unspecified atom stereocenters. The number of aromatic nitrogens is 2. The number of hydrogen-bond acceptors (Lipinski definition) is 4. The Balaban J connectivity index is 3.37. The Labute approximate surface area is 129 Å². The zero-order valence-electron chi connectivity index (χ0n) is 14.5. The Morgan fingerprint density at radius 2 is 1.52 bits per heavy atom. The van der Waals surface area contributed by atoms with Gasteiger partial charge in [-0.25, -0.2) is 9.97 Å². The fraction of sp³-hybridized carbons (Fsp3) is 0.765. The Morgan fingerprint density at radius 3 is 1.86 bits per heavy atom. The molecule has 1 N–H and O–H groups in total. The normalized spacial score (nSPS) is 11.9. The quantitative estimate of drug-likeness (QED) is 0.760. The van der Waals surface area contributed by atoms with E-state index in [1.54, 1.807) is 7.11 Å². The van der Waals surface area contributed by atoms with E-state index in [2.05, 4.69) is 33.0 Å². The first-order chi connectivity index (χ1) is 10.1. The van der Waals surface area contributed by atoms with E-state index in [1.807, 2.05) is 7.05 Å². The number of nitrogens with zero attached hydrogens (tertiary/aromatic N) is 2. The van der Waals surface area contributed by atoms with Crippen LogP contribution in [-0.2, 0) is 29.6 Å². The molecule has 0 aliphatic carbocycles. The molecule has 0 aliphatic heterocycles. The molecule has 4 nitrogen and oxygen atoms in total. The average Bonchev–Trinajstić information content (AvgIpc) is 2.54. The summed E-state index contributed by atoms with van der Waals surface area (Å²) < 4.78 is 5.80. The maximum atomic E-state index is 5.80. The third kappa shape index (κ3) is 3.80. The molecular weight excluding hydrogens is 262 g/mol. The van der Waals surface area contributed by atoms with Crippen molar-refractivity contribution in [2.45, 2.75) is 65.4 Å². The molecule has 0 radical (unpaired) electrons. The zero-order valence-corrected chi connectivity index (χ0v) is 14.5. The summed E-state index contributed by atoms with van der Waals surface area (Å²) in [7, 11) is 3.75. The molecule has 0 aliphatic rings. The van der Waals surface area contributed by atoms with E-state index in [4.69, 9.17) is 14.7 Å². The summed E-state index contributed by atoms with van der Waals surface area (Å²) >= 11 is 0. The van der Waals surface area contributed by atoms with Crippen LogP contribution in [0.4, 0.5) is 0 Å². The number of nitrogens with one attached hydrogen (secondary N) is 1. The van der Waals surface area contributed by atoms with E-state index in [0.717, 1.165) is 44.5 Å². The van der Waals surface area contributed by atoms with Crippen molar-refractivity contribution in [3.05, 3.63) is 22.8 Å². The molecule has 1 aromatic heterocycles. The summed E-state index contributed by atoms with van der Waals surface area (Å²) in [5, 5.41) is 3.22. The van der Waals surface area contributed by atoms with Crippen LogP contribution in [0, 0.1) is 0 Å². The van der Waals surface area contributed by atoms with Gasteiger partial charge in [-0.05, 0) is 51.3 Å². The van der Waals surface area contributed by atoms with Crippen molar-refractivity contribution >= 4 is 0 Å². The first kappa shape index (κ1) is 18.1. The van der Waals surface area contributed by atoms with Crippen LogP contribution in [0.3, 0.4) is 0 Å². The highest BCUT2D eigenvalue weighted by molar-refractivity contribution is 5.28. The molecule has 0 fully saturated rings. The molecule has 0 bridgehead atoms. The van der Waals surface area contributed by atoms with Crippen molar-refractivity contribution < 1.29 is 4.74 Å². The predicted molar refractivity (Wildman–Crippen MR) is 87.7 cm³/mol. The van der Waals surface area contributed by atoms with Crippen LogP contribution in [-0.4, -0.2) is 30.7 Å². The molecule has 0 atom stereocenters. The van der Waals surface area contributed by atoms with Gasteiger partial charge < -0.3 is 10.1 Å². The summed E-state index contributed by atoms with van der Waals surface area (Å²) in [5.74, 6) is 0.858. The molecule has 21 heavy (non-hydrogen) atoms. The smallest absolute Gasteiger partial charge is 0.160 e. The lowest BCUT2D eigenvalue weighted by Crippen LogP contribution is -2.31. The van der Waals surface area contributed by atoms with Crippen LogP contribution in [0.5, 0.6) is 0 Å². The minimum atomic E-state index is -0.352. The molecule has 0 aromatic carbocycles. The Kier molecular flexibility index (Phi) is 7.26. The summed E-state index contributed by atoms with van der Waals surface area (Å²) in [5.41, 5.74) is 3.32. The lowest BCUT2D eigenvalue weighted by Gasteiger charge is -2.30. The van der Waals surface area contributed by atoms with E-state index in [-0.39, 0.29) is 5.60 Å². The van der Waals surface area contributed by atoms with Gasteiger partial charge in [0, 0.05) is 18.5 Å². The summed E-state index contributed by atoms with van der Waals surface area (Å²) in [6, 6.07) is 0. The Bertz CT molecular complexity index is 408. The fourth-order valence-corrected chi connectivity index (χ4v) is 2.86. The molecule has 0 spiro atoms. The third-order valence-corrected chi connectivity index (χ3v) is 4.41. The van der Waals surface area contributed by atoms with Gasteiger partial charge in [-0.2, -0.15) is 0 Å². The van der Waals surface area contributed by atoms with Crippen molar-refractivity contribution in [3.63, 3.8) is 0 Å². The highest BCUT2D eigenvalue weighted by atomic mass is 16.5. The van der Waals surface area contributed by atoms with Gasteiger partial charge in [0.15, 0.2) is 5.82 Å². The van der Waals surface area contributed by atoms with E-state index in [0.29, 0.717) is 0 Å². The van der Waals surface area contributed by atoms with Crippen LogP contribution in [0.2, 0.25) is 0 Å². The molecule has 0 saturated heterocycles. The molecule has 0 saturated carbocycles. The van der Waals surface area contributed by atoms with E-state index in [9.17, 15) is 0 Å². The minimum Gasteiger partial charge on any atom is -0.370 e. The van der Waals surface area contributed by atoms with Crippen molar-refractivity contribution in [2.24, 2.45) is 0 Å². The van der Waals surface area contributed by atoms with Crippen LogP contribution < -0.4 is 5.32 Å². The molecule has 1 heterocycles. The first-order valence-electron chi connectivity index (χ1n) is 8.21. The highest BCUT2D eigenvalue weighted by Crippen LogP contribution is 2.31. The van der Waals surface area contributed by atoms with Crippen molar-refractivity contribution in [3.8, 4) is 0 Å². The van der Waals surface area contributed by atoms with Crippen LogP contribution in [0.25, 0.3) is 0 Å². The second-order valence-electron chi connectivity index (χ2n) is 5.39. The molecular formula is C17H31N3O. The molecule has 1 rings (SSSR count). The van der Waals surface area contributed by atoms with Gasteiger partial charge in [0.2, 0.25) is 0 Å². The van der Waals surface area contributed by atoms with Gasteiger partial charge in [0.1, 0.15) is 5.60 Å². The molecule has 1 aromatic rings. The summed E-state index contributed by atoms with van der Waals surface area (Å²) in [4.78, 5) is 9.75. The summed E-state index contributed by atoms with van der Waals surface area (Å²) in [6.45, 7) is 9.58. The molecule has 120 valence electrons. The topological polar surface area (TPSA) is 47.0 Å². The van der Waals surface area contributed by atoms with Gasteiger partial charge in [-0.1, -0.05) is 27.7 Å². The monoisotopic (exact) mass is 293 g/mol. The largest absolute Gasteiger partial charge is 0.370 e. The SMILES string of the molecule is CCc1nc(C(CC)(CC)OC)nc(CC)c1CCNC. The van der Waals surface area contributed by atoms with E-state index < -0.39 is 0 Å². The maximum absolute atomic E-state index is 5.80. The zero-order chi connectivity index (χ0) is 15.9. The van der Waals surface area contributed by atoms with Gasteiger partial charge in [0.25, 0.3) is 0 Å². The minimum absolute atomic E-state index is 0.352. The van der Waals surface area contributed by atoms with Crippen LogP contribution >= 0.6 is 0 Å². The van der Waals surface area contributed by atoms with Gasteiger partial charge in [-0.15, -0.1) is 0 Å². The standard InChI is InChI=1S/C17H31N3O/c1-7-14-13(11-12-18-5)15(8-2)20-16(19-14)17(9-3,10-4)21-6/h18H,7-12H2,1-6H3. The number of hydrogen-bond donors (Lipinski definition) is 1. The van der Waals surface area contributed by atoms with Crippen molar-refractivity contribution in [1.29, 1.82) is 0 Å². The first-order valence-corrected chi connectivity index (χ1v) is 8.21. The van der Waals surface area contributed by atoms with E-state index >= 15 is 0 Å². The van der Waals surface area contributed by atoms with Crippen LogP contribution in [0.15, 0.2) is 0 Å². The lowest BCUT2D eigenvalue weighted by molar-refractivity contribution is -0.0295. The predicted octanol–water partition coefficient (Wildman–Crippen LogP) is 3.03. The van der Waals surface area contributed by atoms with Crippen molar-refractivity contribution in [2.75, 3.05) is 20.7 Å². The van der Waals surface area contributed by atoms with Gasteiger partial charge in [0.05, 0.1) is 0 Å². The molecule has 4 heteroatoms. The van der Waals surface area contributed by atoms with Gasteiger partial charge in [-0.3, -0.25) is 0 Å². The van der Waals surface area contributed by atoms with E-state index in [1.165, 1.54) is 17.0 Å². The highest BCUT2D eigenvalue weighted by Gasteiger charge is 2.32. The number of likely N-dealkylation sites (N-methyl/N-ethyl adjacent to an activating group) is 1. The Hall–Kier alpha value is -1.00. The fourth-order valence-electron chi connectivity index (χ4n) is 2.86. The second-order valence-corrected chi connectivity index (χ2v) is 5.39.